The Morgan fingerprint density at radius 1 is 0.686 bits per heavy atom. The number of esters is 1. The summed E-state index contributed by atoms with van der Waals surface area (Å²) in [5.74, 6) is -4.29. The van der Waals surface area contributed by atoms with Gasteiger partial charge in [0.1, 0.15) is 12.6 Å². The molecule has 1 aliphatic rings. The van der Waals surface area contributed by atoms with Gasteiger partial charge in [0.15, 0.2) is 5.78 Å². The Bertz CT molecular complexity index is 1830. The summed E-state index contributed by atoms with van der Waals surface area (Å²) in [5.41, 5.74) is 5.61. The van der Waals surface area contributed by atoms with E-state index in [-0.39, 0.29) is 50.5 Å². The second-order valence-corrected chi connectivity index (χ2v) is 12.6. The SMILES string of the molecule is C[C@H](CCC(=O)OCc1ccccc1)C(=O)CNC(=O)CNC(=O)[C@H](Cc1ccccc1)NC(=O)C(=O)CC1c2ccccc2-c2ccccc21. The zero-order valence-electron chi connectivity index (χ0n) is 28.4. The maximum atomic E-state index is 13.3. The molecule has 0 saturated carbocycles. The molecule has 0 fully saturated rings. The van der Waals surface area contributed by atoms with Crippen molar-refractivity contribution >= 4 is 35.3 Å². The van der Waals surface area contributed by atoms with Crippen molar-refractivity contribution < 1.29 is 33.5 Å². The van der Waals surface area contributed by atoms with Crippen LogP contribution in [0.2, 0.25) is 0 Å². The first-order valence-corrected chi connectivity index (χ1v) is 17.0. The van der Waals surface area contributed by atoms with Gasteiger partial charge in [0.2, 0.25) is 17.6 Å². The van der Waals surface area contributed by atoms with Crippen LogP contribution in [-0.2, 0) is 46.5 Å². The molecule has 0 saturated heterocycles. The van der Waals surface area contributed by atoms with Crippen LogP contribution in [-0.4, -0.2) is 54.4 Å². The van der Waals surface area contributed by atoms with Crippen LogP contribution < -0.4 is 16.0 Å². The minimum absolute atomic E-state index is 0.0576. The lowest BCUT2D eigenvalue weighted by atomic mass is 9.91. The minimum atomic E-state index is -1.14. The molecule has 0 radical (unpaired) electrons. The van der Waals surface area contributed by atoms with Crippen molar-refractivity contribution in [2.45, 2.75) is 51.2 Å². The van der Waals surface area contributed by atoms with Crippen molar-refractivity contribution in [1.29, 1.82) is 0 Å². The minimum Gasteiger partial charge on any atom is -0.461 e. The summed E-state index contributed by atoms with van der Waals surface area (Å²) in [4.78, 5) is 77.1. The Hall–Kier alpha value is -5.90. The molecule has 51 heavy (non-hydrogen) atoms. The van der Waals surface area contributed by atoms with E-state index < -0.39 is 48.0 Å². The van der Waals surface area contributed by atoms with Gasteiger partial charge in [0.25, 0.3) is 5.91 Å². The highest BCUT2D eigenvalue weighted by Gasteiger charge is 2.33. The van der Waals surface area contributed by atoms with Crippen LogP contribution in [0.1, 0.15) is 54.4 Å². The first-order chi connectivity index (χ1) is 24.7. The first kappa shape index (κ1) is 36.4. The lowest BCUT2D eigenvalue weighted by Crippen LogP contribution is -2.51. The average Bonchev–Trinajstić information content (AvgIpc) is 3.47. The summed E-state index contributed by atoms with van der Waals surface area (Å²) in [5, 5.41) is 7.61. The third-order valence-electron chi connectivity index (χ3n) is 8.97. The van der Waals surface area contributed by atoms with Gasteiger partial charge in [0, 0.05) is 31.1 Å². The highest BCUT2D eigenvalue weighted by atomic mass is 16.5. The number of hydrogen-bond donors (Lipinski definition) is 3. The number of ketones is 2. The van der Waals surface area contributed by atoms with E-state index in [1.807, 2.05) is 84.9 Å². The molecular formula is C41H41N3O7. The molecule has 262 valence electrons. The smallest absolute Gasteiger partial charge is 0.306 e. The predicted molar refractivity (Wildman–Crippen MR) is 191 cm³/mol. The largest absolute Gasteiger partial charge is 0.461 e. The van der Waals surface area contributed by atoms with Crippen LogP contribution in [0.25, 0.3) is 11.1 Å². The maximum absolute atomic E-state index is 13.3. The number of hydrogen-bond acceptors (Lipinski definition) is 7. The third kappa shape index (κ3) is 10.1. The summed E-state index contributed by atoms with van der Waals surface area (Å²) in [6.45, 7) is 1.10. The van der Waals surface area contributed by atoms with Gasteiger partial charge in [-0.2, -0.15) is 0 Å². The lowest BCUT2D eigenvalue weighted by Gasteiger charge is -2.19. The Kier molecular flexibility index (Phi) is 12.6. The summed E-state index contributed by atoms with van der Waals surface area (Å²) in [7, 11) is 0. The maximum Gasteiger partial charge on any atom is 0.306 e. The van der Waals surface area contributed by atoms with E-state index in [2.05, 4.69) is 16.0 Å². The monoisotopic (exact) mass is 687 g/mol. The molecule has 0 aliphatic heterocycles. The Morgan fingerprint density at radius 3 is 1.88 bits per heavy atom. The lowest BCUT2D eigenvalue weighted by molar-refractivity contribution is -0.145. The molecule has 3 amide bonds. The van der Waals surface area contributed by atoms with Crippen LogP contribution in [0.3, 0.4) is 0 Å². The van der Waals surface area contributed by atoms with Gasteiger partial charge < -0.3 is 20.7 Å². The molecule has 1 aliphatic carbocycles. The summed E-state index contributed by atoms with van der Waals surface area (Å²) < 4.78 is 5.25. The van der Waals surface area contributed by atoms with E-state index >= 15 is 0 Å². The molecule has 4 aromatic rings. The van der Waals surface area contributed by atoms with Gasteiger partial charge in [-0.3, -0.25) is 28.8 Å². The highest BCUT2D eigenvalue weighted by Crippen LogP contribution is 2.46. The number of rotatable bonds is 17. The van der Waals surface area contributed by atoms with Crippen molar-refractivity contribution in [3.8, 4) is 11.1 Å². The van der Waals surface area contributed by atoms with E-state index in [0.717, 1.165) is 33.4 Å². The Morgan fingerprint density at radius 2 is 1.25 bits per heavy atom. The molecule has 4 aromatic carbocycles. The fourth-order valence-electron chi connectivity index (χ4n) is 6.07. The predicted octanol–water partition coefficient (Wildman–Crippen LogP) is 4.45. The van der Waals surface area contributed by atoms with E-state index in [4.69, 9.17) is 4.74 Å². The normalized spacial score (nSPS) is 12.8. The zero-order valence-corrected chi connectivity index (χ0v) is 28.4. The fraction of sp³-hybridized carbons (Fsp3) is 0.268. The number of carbonyl (C=O) groups excluding carboxylic acids is 6. The van der Waals surface area contributed by atoms with E-state index in [1.54, 1.807) is 31.2 Å². The third-order valence-corrected chi connectivity index (χ3v) is 8.97. The van der Waals surface area contributed by atoms with Gasteiger partial charge in [-0.25, -0.2) is 0 Å². The standard InChI is InChI=1S/C41H41N3O7/c1-27(20-21-39(48)51-26-29-14-6-3-7-15-29)37(46)24-42-38(47)25-43-40(49)35(22-28-12-4-2-5-13-28)44-41(50)36(45)23-34-32-18-10-8-16-30(32)31-17-9-11-19-33(31)34/h2-19,27,34-35H,20-26H2,1H3,(H,42,47)(H,43,49)(H,44,50)/t27-,35+/m1/s1. The first-order valence-electron chi connectivity index (χ1n) is 17.0. The van der Waals surface area contributed by atoms with Crippen molar-refractivity contribution in [3.63, 3.8) is 0 Å². The van der Waals surface area contributed by atoms with Gasteiger partial charge in [-0.05, 0) is 39.8 Å². The Labute approximate surface area is 297 Å². The van der Waals surface area contributed by atoms with Gasteiger partial charge in [-0.15, -0.1) is 0 Å². The van der Waals surface area contributed by atoms with Crippen molar-refractivity contribution in [2.24, 2.45) is 5.92 Å². The topological polar surface area (TPSA) is 148 Å². The molecular weight excluding hydrogens is 646 g/mol. The van der Waals surface area contributed by atoms with Crippen molar-refractivity contribution in [2.75, 3.05) is 13.1 Å². The Balaban J connectivity index is 1.10. The fourth-order valence-corrected chi connectivity index (χ4v) is 6.07. The number of Topliss-reactive ketones (excluding diaryl/α,β-unsaturated/α-hetero) is 2. The highest BCUT2D eigenvalue weighted by molar-refractivity contribution is 6.36. The van der Waals surface area contributed by atoms with Crippen LogP contribution >= 0.6 is 0 Å². The second kappa shape index (κ2) is 17.7. The molecule has 2 atom stereocenters. The number of benzene rings is 4. The average molecular weight is 688 g/mol. The molecule has 0 heterocycles. The van der Waals surface area contributed by atoms with Gasteiger partial charge in [-0.1, -0.05) is 116 Å². The molecule has 10 heteroatoms. The molecule has 0 spiro atoms. The number of fused-ring (bicyclic) bond motifs is 3. The van der Waals surface area contributed by atoms with Crippen LogP contribution in [0, 0.1) is 5.92 Å². The van der Waals surface area contributed by atoms with Crippen molar-refractivity contribution in [3.05, 3.63) is 131 Å². The summed E-state index contributed by atoms with van der Waals surface area (Å²) in [6, 6.07) is 32.7. The summed E-state index contributed by atoms with van der Waals surface area (Å²) in [6.07, 6.45) is 0.343. The van der Waals surface area contributed by atoms with Crippen LogP contribution in [0.5, 0.6) is 0 Å². The number of ether oxygens (including phenoxy) is 1. The quantitative estimate of drug-likeness (QED) is 0.110. The number of nitrogens with one attached hydrogen (secondary N) is 3. The van der Waals surface area contributed by atoms with E-state index in [9.17, 15) is 28.8 Å². The van der Waals surface area contributed by atoms with Crippen molar-refractivity contribution in [1.82, 2.24) is 16.0 Å². The van der Waals surface area contributed by atoms with E-state index in [0.29, 0.717) is 0 Å². The number of amides is 3. The summed E-state index contributed by atoms with van der Waals surface area (Å²) >= 11 is 0. The van der Waals surface area contributed by atoms with Crippen LogP contribution in [0.4, 0.5) is 0 Å². The molecule has 0 aromatic heterocycles. The van der Waals surface area contributed by atoms with Gasteiger partial charge >= 0.3 is 5.97 Å². The molecule has 0 bridgehead atoms. The second-order valence-electron chi connectivity index (χ2n) is 12.6. The molecule has 3 N–H and O–H groups in total. The van der Waals surface area contributed by atoms with Gasteiger partial charge in [0.05, 0.1) is 13.1 Å². The molecule has 10 nitrogen and oxygen atoms in total. The molecule has 0 unspecified atom stereocenters. The number of carbonyl (C=O) groups is 6. The zero-order chi connectivity index (χ0) is 36.2. The van der Waals surface area contributed by atoms with E-state index in [1.165, 1.54) is 0 Å². The molecule has 5 rings (SSSR count). The van der Waals surface area contributed by atoms with Crippen LogP contribution in [0.15, 0.2) is 109 Å².